The molecular formula is C16H13ClN6O3. The Balaban J connectivity index is 1.76. The summed E-state index contributed by atoms with van der Waals surface area (Å²) < 4.78 is 5.28. The summed E-state index contributed by atoms with van der Waals surface area (Å²) in [5.41, 5.74) is -0.227. The number of rotatable bonds is 2. The van der Waals surface area contributed by atoms with Gasteiger partial charge in [-0.05, 0) is 26.0 Å². The monoisotopic (exact) mass is 372 g/mol. The number of nitrogens with one attached hydrogen (secondary N) is 3. The third-order valence-electron chi connectivity index (χ3n) is 3.85. The van der Waals surface area contributed by atoms with Crippen molar-refractivity contribution in [3.05, 3.63) is 40.0 Å². The quantitative estimate of drug-likeness (QED) is 0.462. The number of ether oxygens (including phenoxy) is 1. The Labute approximate surface area is 151 Å². The van der Waals surface area contributed by atoms with Crippen molar-refractivity contribution in [2.75, 3.05) is 10.6 Å². The number of aromatic nitrogens is 4. The summed E-state index contributed by atoms with van der Waals surface area (Å²) >= 11 is 6.01. The van der Waals surface area contributed by atoms with Crippen LogP contribution in [0.5, 0.6) is 5.88 Å². The predicted molar refractivity (Wildman–Crippen MR) is 96.0 cm³/mol. The minimum Gasteiger partial charge on any atom is -0.403 e. The van der Waals surface area contributed by atoms with Gasteiger partial charge >= 0.3 is 5.97 Å². The molecule has 0 spiro atoms. The predicted octanol–water partition coefficient (Wildman–Crippen LogP) is 2.22. The molecule has 0 aromatic carbocycles. The molecular weight excluding hydrogens is 360 g/mol. The largest absolute Gasteiger partial charge is 0.403 e. The highest BCUT2D eigenvalue weighted by Gasteiger charge is 2.36. The van der Waals surface area contributed by atoms with Crippen molar-refractivity contribution in [2.24, 2.45) is 0 Å². The summed E-state index contributed by atoms with van der Waals surface area (Å²) in [5, 5.41) is 6.40. The molecule has 0 unspecified atom stereocenters. The topological polar surface area (TPSA) is 122 Å². The fraction of sp³-hybridized carbons (Fsp3) is 0.188. The number of esters is 1. The van der Waals surface area contributed by atoms with Gasteiger partial charge in [0.25, 0.3) is 5.56 Å². The van der Waals surface area contributed by atoms with E-state index in [1.54, 1.807) is 26.0 Å². The molecule has 3 aromatic rings. The lowest BCUT2D eigenvalue weighted by Crippen LogP contribution is -2.46. The summed E-state index contributed by atoms with van der Waals surface area (Å²) in [4.78, 5) is 39.1. The molecule has 0 saturated carbocycles. The first-order valence-electron chi connectivity index (χ1n) is 7.66. The van der Waals surface area contributed by atoms with E-state index in [2.05, 4.69) is 30.6 Å². The Kier molecular flexibility index (Phi) is 3.55. The van der Waals surface area contributed by atoms with Crippen molar-refractivity contribution in [1.82, 2.24) is 19.9 Å². The summed E-state index contributed by atoms with van der Waals surface area (Å²) in [5.74, 6) is 0.224. The molecule has 0 saturated heterocycles. The van der Waals surface area contributed by atoms with Gasteiger partial charge in [0.05, 0.1) is 17.5 Å². The van der Waals surface area contributed by atoms with Crippen LogP contribution in [0, 0.1) is 0 Å². The summed E-state index contributed by atoms with van der Waals surface area (Å²) in [6, 6.07) is 4.87. The molecule has 1 aliphatic heterocycles. The van der Waals surface area contributed by atoms with Crippen LogP contribution < -0.4 is 20.9 Å². The SMILES string of the molecule is CC1(C)Nc2ccc(Nc3nc(Cl)cc4nc[nH]c(=O)c34)nc2OC1=O. The Morgan fingerprint density at radius 1 is 1.23 bits per heavy atom. The van der Waals surface area contributed by atoms with Crippen LogP contribution in [0.3, 0.4) is 0 Å². The van der Waals surface area contributed by atoms with Gasteiger partial charge in [-0.25, -0.2) is 14.8 Å². The number of carbonyl (C=O) groups excluding carboxylic acids is 1. The van der Waals surface area contributed by atoms with Crippen molar-refractivity contribution in [3.8, 4) is 5.88 Å². The molecule has 10 heteroatoms. The molecule has 9 nitrogen and oxygen atoms in total. The van der Waals surface area contributed by atoms with Gasteiger partial charge in [0.2, 0.25) is 5.88 Å². The first kappa shape index (κ1) is 16.3. The Hall–Kier alpha value is -3.20. The van der Waals surface area contributed by atoms with Crippen LogP contribution in [0.2, 0.25) is 5.15 Å². The highest BCUT2D eigenvalue weighted by Crippen LogP contribution is 2.33. The van der Waals surface area contributed by atoms with E-state index in [9.17, 15) is 9.59 Å². The molecule has 0 fully saturated rings. The van der Waals surface area contributed by atoms with E-state index in [0.29, 0.717) is 17.0 Å². The van der Waals surface area contributed by atoms with Gasteiger partial charge in [0.15, 0.2) is 0 Å². The second-order valence-corrected chi connectivity index (χ2v) is 6.62. The van der Waals surface area contributed by atoms with Crippen molar-refractivity contribution in [2.45, 2.75) is 19.4 Å². The number of nitrogens with zero attached hydrogens (tertiary/aromatic N) is 3. The van der Waals surface area contributed by atoms with Gasteiger partial charge < -0.3 is 20.4 Å². The highest BCUT2D eigenvalue weighted by molar-refractivity contribution is 6.30. The van der Waals surface area contributed by atoms with Gasteiger partial charge in [-0.1, -0.05) is 11.6 Å². The van der Waals surface area contributed by atoms with E-state index in [0.717, 1.165) is 0 Å². The van der Waals surface area contributed by atoms with Crippen molar-refractivity contribution in [1.29, 1.82) is 0 Å². The molecule has 0 bridgehead atoms. The number of carbonyl (C=O) groups is 1. The van der Waals surface area contributed by atoms with Crippen LogP contribution in [0.15, 0.2) is 29.3 Å². The lowest BCUT2D eigenvalue weighted by atomic mass is 10.0. The zero-order valence-electron chi connectivity index (χ0n) is 13.8. The summed E-state index contributed by atoms with van der Waals surface area (Å²) in [6.07, 6.45) is 1.29. The molecule has 26 heavy (non-hydrogen) atoms. The Morgan fingerprint density at radius 3 is 2.85 bits per heavy atom. The minimum atomic E-state index is -0.840. The molecule has 1 aliphatic rings. The maximum absolute atomic E-state index is 12.1. The first-order chi connectivity index (χ1) is 12.3. The van der Waals surface area contributed by atoms with Gasteiger partial charge in [-0.2, -0.15) is 4.98 Å². The number of halogens is 1. The fourth-order valence-corrected chi connectivity index (χ4v) is 2.75. The maximum atomic E-state index is 12.1. The number of aromatic amines is 1. The average Bonchev–Trinajstić information content (AvgIpc) is 2.55. The van der Waals surface area contributed by atoms with Crippen LogP contribution in [0.4, 0.5) is 17.3 Å². The van der Waals surface area contributed by atoms with Crippen LogP contribution in [0.1, 0.15) is 13.8 Å². The number of H-pyrrole nitrogens is 1. The standard InChI is InChI=1S/C16H13ClN6O3/c1-16(2)15(25)26-14-7(23-16)3-4-10(22-14)21-12-11-8(5-9(17)20-12)18-6-19-13(11)24/h3-6,23H,1-2H3,(H,18,19,24)(H,20,21,22). The lowest BCUT2D eigenvalue weighted by Gasteiger charge is -2.30. The van der Waals surface area contributed by atoms with Crippen molar-refractivity contribution < 1.29 is 9.53 Å². The normalized spacial score (nSPS) is 15.1. The van der Waals surface area contributed by atoms with Gasteiger partial charge in [0.1, 0.15) is 27.7 Å². The van der Waals surface area contributed by atoms with Crippen molar-refractivity contribution in [3.63, 3.8) is 0 Å². The van der Waals surface area contributed by atoms with Gasteiger partial charge in [0, 0.05) is 6.07 Å². The van der Waals surface area contributed by atoms with E-state index in [4.69, 9.17) is 16.3 Å². The van der Waals surface area contributed by atoms with Crippen LogP contribution in [-0.2, 0) is 4.79 Å². The van der Waals surface area contributed by atoms with E-state index in [-0.39, 0.29) is 27.8 Å². The molecule has 4 heterocycles. The Morgan fingerprint density at radius 2 is 2.04 bits per heavy atom. The fourth-order valence-electron chi connectivity index (χ4n) is 2.56. The maximum Gasteiger partial charge on any atom is 0.337 e. The molecule has 3 aromatic heterocycles. The van der Waals surface area contributed by atoms with Gasteiger partial charge in [-0.15, -0.1) is 0 Å². The smallest absolute Gasteiger partial charge is 0.337 e. The molecule has 0 aliphatic carbocycles. The number of pyridine rings is 2. The highest BCUT2D eigenvalue weighted by atomic mass is 35.5. The van der Waals surface area contributed by atoms with Crippen LogP contribution in [0.25, 0.3) is 10.9 Å². The number of hydrogen-bond donors (Lipinski definition) is 3. The van der Waals surface area contributed by atoms with Crippen molar-refractivity contribution >= 4 is 45.8 Å². The number of anilines is 3. The Bertz CT molecular complexity index is 1110. The molecule has 4 rings (SSSR count). The summed E-state index contributed by atoms with van der Waals surface area (Å²) in [6.45, 7) is 3.43. The zero-order chi connectivity index (χ0) is 18.5. The van der Waals surface area contributed by atoms with E-state index < -0.39 is 11.5 Å². The second kappa shape index (κ2) is 5.67. The van der Waals surface area contributed by atoms with E-state index >= 15 is 0 Å². The lowest BCUT2D eigenvalue weighted by molar-refractivity contribution is -0.139. The molecule has 0 radical (unpaired) electrons. The second-order valence-electron chi connectivity index (χ2n) is 6.23. The third-order valence-corrected chi connectivity index (χ3v) is 4.04. The first-order valence-corrected chi connectivity index (χ1v) is 8.04. The average molecular weight is 373 g/mol. The van der Waals surface area contributed by atoms with E-state index in [1.807, 2.05) is 0 Å². The number of hydrogen-bond acceptors (Lipinski definition) is 8. The van der Waals surface area contributed by atoms with Crippen LogP contribution in [-0.4, -0.2) is 31.4 Å². The number of fused-ring (bicyclic) bond motifs is 2. The molecule has 0 amide bonds. The molecule has 3 N–H and O–H groups in total. The molecule has 132 valence electrons. The van der Waals surface area contributed by atoms with E-state index in [1.165, 1.54) is 12.4 Å². The third kappa shape index (κ3) is 2.72. The molecule has 0 atom stereocenters. The minimum absolute atomic E-state index is 0.137. The van der Waals surface area contributed by atoms with Crippen LogP contribution >= 0.6 is 11.6 Å². The summed E-state index contributed by atoms with van der Waals surface area (Å²) in [7, 11) is 0. The van der Waals surface area contributed by atoms with Gasteiger partial charge in [-0.3, -0.25) is 4.79 Å². The zero-order valence-corrected chi connectivity index (χ0v) is 14.5.